The number of esters is 1. The molecule has 0 bridgehead atoms. The van der Waals surface area contributed by atoms with Gasteiger partial charge in [-0.2, -0.15) is 0 Å². The number of rotatable bonds is 7. The van der Waals surface area contributed by atoms with Gasteiger partial charge in [0.05, 0.1) is 40.4 Å². The number of hydrogen-bond acceptors (Lipinski definition) is 5. The van der Waals surface area contributed by atoms with Crippen LogP contribution in [-0.4, -0.2) is 41.7 Å². The molecule has 1 aliphatic rings. The molecule has 0 saturated heterocycles. The highest BCUT2D eigenvalue weighted by Gasteiger charge is 2.60. The highest BCUT2D eigenvalue weighted by molar-refractivity contribution is 9.13. The minimum Gasteiger partial charge on any atom is -0.467 e. The van der Waals surface area contributed by atoms with Crippen LogP contribution in [0.1, 0.15) is 25.1 Å². The number of ether oxygens (including phenoxy) is 2. The largest absolute Gasteiger partial charge is 0.467 e. The summed E-state index contributed by atoms with van der Waals surface area (Å²) in [5, 5.41) is 11.1. The zero-order valence-electron chi connectivity index (χ0n) is 13.4. The molecule has 1 aromatic rings. The Balaban J connectivity index is 2.51. The van der Waals surface area contributed by atoms with Gasteiger partial charge in [-0.3, -0.25) is 4.79 Å². The SMILES string of the molecule is C=CCOCC[C@@H]1[C@@H](C(C)=O)[C@](O)(C(=O)OC)c2cc(Br)c(Br)n21. The molecule has 0 spiro atoms. The van der Waals surface area contributed by atoms with Gasteiger partial charge in [-0.25, -0.2) is 4.79 Å². The number of hydrogen-bond donors (Lipinski definition) is 1. The van der Waals surface area contributed by atoms with Gasteiger partial charge < -0.3 is 19.1 Å². The molecule has 1 N–H and O–H groups in total. The standard InChI is InChI=1S/C16H19Br2NO5/c1-4-6-24-7-5-11-13(9(2)20)16(22,15(21)23-3)12-8-10(17)14(18)19(11)12/h4,8,11,13,22H,1,5-7H2,2-3H3/t11-,13-,16+/m1/s1. The molecule has 3 atom stereocenters. The van der Waals surface area contributed by atoms with E-state index >= 15 is 0 Å². The van der Waals surface area contributed by atoms with Gasteiger partial charge in [-0.1, -0.05) is 6.08 Å². The summed E-state index contributed by atoms with van der Waals surface area (Å²) in [5.41, 5.74) is -1.71. The van der Waals surface area contributed by atoms with Gasteiger partial charge in [0.25, 0.3) is 0 Å². The molecule has 0 saturated carbocycles. The Morgan fingerprint density at radius 2 is 2.17 bits per heavy atom. The fourth-order valence-electron chi connectivity index (χ4n) is 3.29. The molecular formula is C16H19Br2NO5. The van der Waals surface area contributed by atoms with Crippen molar-refractivity contribution in [2.24, 2.45) is 5.92 Å². The van der Waals surface area contributed by atoms with Crippen molar-refractivity contribution in [3.8, 4) is 0 Å². The molecule has 132 valence electrons. The van der Waals surface area contributed by atoms with Gasteiger partial charge in [0.1, 0.15) is 5.78 Å². The maximum absolute atomic E-state index is 12.3. The number of aliphatic hydroxyl groups is 1. The number of nitrogens with zero attached hydrogens (tertiary/aromatic N) is 1. The van der Waals surface area contributed by atoms with Gasteiger partial charge in [0, 0.05) is 6.61 Å². The van der Waals surface area contributed by atoms with E-state index in [0.29, 0.717) is 34.4 Å². The first kappa shape index (κ1) is 19.4. The summed E-state index contributed by atoms with van der Waals surface area (Å²) in [6.07, 6.45) is 2.08. The summed E-state index contributed by atoms with van der Waals surface area (Å²) in [5.74, 6) is -2.09. The molecule has 0 amide bonds. The quantitative estimate of drug-likeness (QED) is 0.381. The molecule has 0 radical (unpaired) electrons. The summed E-state index contributed by atoms with van der Waals surface area (Å²) in [6.45, 7) is 5.70. The van der Waals surface area contributed by atoms with E-state index in [-0.39, 0.29) is 5.78 Å². The van der Waals surface area contributed by atoms with Gasteiger partial charge in [-0.15, -0.1) is 6.58 Å². The first-order chi connectivity index (χ1) is 11.3. The van der Waals surface area contributed by atoms with Gasteiger partial charge in [0.2, 0.25) is 5.60 Å². The second-order valence-corrected chi connectivity index (χ2v) is 7.21. The van der Waals surface area contributed by atoms with Crippen molar-refractivity contribution in [1.82, 2.24) is 4.57 Å². The number of Topliss-reactive ketones (excluding diaryl/α,β-unsaturated/α-hetero) is 1. The van der Waals surface area contributed by atoms with Crippen LogP contribution in [0, 0.1) is 5.92 Å². The van der Waals surface area contributed by atoms with Crippen LogP contribution in [-0.2, 0) is 24.7 Å². The molecule has 2 heterocycles. The zero-order valence-corrected chi connectivity index (χ0v) is 16.6. The van der Waals surface area contributed by atoms with Crippen molar-refractivity contribution >= 4 is 43.6 Å². The fourth-order valence-corrected chi connectivity index (χ4v) is 4.27. The molecule has 0 aliphatic carbocycles. The summed E-state index contributed by atoms with van der Waals surface area (Å²) < 4.78 is 13.3. The minimum absolute atomic E-state index is 0.289. The second kappa shape index (κ2) is 7.51. The third-order valence-corrected chi connectivity index (χ3v) is 6.16. The second-order valence-electron chi connectivity index (χ2n) is 5.60. The van der Waals surface area contributed by atoms with Crippen LogP contribution in [0.15, 0.2) is 27.8 Å². The van der Waals surface area contributed by atoms with Crippen LogP contribution < -0.4 is 0 Å². The molecule has 1 aliphatic heterocycles. The molecule has 24 heavy (non-hydrogen) atoms. The lowest BCUT2D eigenvalue weighted by atomic mass is 9.80. The monoisotopic (exact) mass is 463 g/mol. The van der Waals surface area contributed by atoms with E-state index in [4.69, 9.17) is 9.47 Å². The van der Waals surface area contributed by atoms with Crippen LogP contribution in [0.25, 0.3) is 0 Å². The first-order valence-electron chi connectivity index (χ1n) is 7.37. The molecular weight excluding hydrogens is 446 g/mol. The molecule has 0 unspecified atom stereocenters. The Morgan fingerprint density at radius 1 is 1.50 bits per heavy atom. The third-order valence-electron chi connectivity index (χ3n) is 4.22. The molecule has 0 aromatic carbocycles. The van der Waals surface area contributed by atoms with E-state index in [9.17, 15) is 14.7 Å². The van der Waals surface area contributed by atoms with Crippen LogP contribution in [0.2, 0.25) is 0 Å². The summed E-state index contributed by atoms with van der Waals surface area (Å²) in [6, 6.07) is 1.19. The van der Waals surface area contributed by atoms with E-state index in [1.165, 1.54) is 14.0 Å². The highest BCUT2D eigenvalue weighted by Crippen LogP contribution is 2.51. The fraction of sp³-hybridized carbons (Fsp3) is 0.500. The lowest BCUT2D eigenvalue weighted by Crippen LogP contribution is -2.45. The number of halogens is 2. The normalized spacial score (nSPS) is 25.4. The predicted molar refractivity (Wildman–Crippen MR) is 94.6 cm³/mol. The van der Waals surface area contributed by atoms with Gasteiger partial charge in [-0.05, 0) is 51.3 Å². The lowest BCUT2D eigenvalue weighted by Gasteiger charge is -2.28. The molecule has 6 nitrogen and oxygen atoms in total. The number of ketones is 1. The number of methoxy groups -OCH3 is 1. The van der Waals surface area contributed by atoms with Crippen LogP contribution >= 0.6 is 31.9 Å². The van der Waals surface area contributed by atoms with Crippen LogP contribution in [0.4, 0.5) is 0 Å². The van der Waals surface area contributed by atoms with E-state index < -0.39 is 23.5 Å². The van der Waals surface area contributed by atoms with Crippen molar-refractivity contribution in [3.05, 3.63) is 33.5 Å². The number of aromatic nitrogens is 1. The van der Waals surface area contributed by atoms with Crippen molar-refractivity contribution in [3.63, 3.8) is 0 Å². The topological polar surface area (TPSA) is 77.8 Å². The third kappa shape index (κ3) is 3.00. The number of carbonyl (C=O) groups excluding carboxylic acids is 2. The highest BCUT2D eigenvalue weighted by atomic mass is 79.9. The van der Waals surface area contributed by atoms with E-state index in [1.54, 1.807) is 16.7 Å². The summed E-state index contributed by atoms with van der Waals surface area (Å²) in [7, 11) is 1.19. The van der Waals surface area contributed by atoms with Crippen LogP contribution in [0.5, 0.6) is 0 Å². The van der Waals surface area contributed by atoms with Crippen LogP contribution in [0.3, 0.4) is 0 Å². The van der Waals surface area contributed by atoms with E-state index in [0.717, 1.165) is 0 Å². The summed E-state index contributed by atoms with van der Waals surface area (Å²) >= 11 is 6.83. The first-order valence-corrected chi connectivity index (χ1v) is 8.95. The Hall–Kier alpha value is -0.960. The van der Waals surface area contributed by atoms with Crippen molar-refractivity contribution in [1.29, 1.82) is 0 Å². The molecule has 8 heteroatoms. The van der Waals surface area contributed by atoms with Crippen molar-refractivity contribution < 1.29 is 24.2 Å². The summed E-state index contributed by atoms with van der Waals surface area (Å²) in [4.78, 5) is 24.6. The van der Waals surface area contributed by atoms with E-state index in [1.807, 2.05) is 0 Å². The number of fused-ring (bicyclic) bond motifs is 1. The Labute approximate surface area is 157 Å². The average molecular weight is 465 g/mol. The van der Waals surface area contributed by atoms with Crippen molar-refractivity contribution in [2.45, 2.75) is 25.0 Å². The van der Waals surface area contributed by atoms with E-state index in [2.05, 4.69) is 38.4 Å². The smallest absolute Gasteiger partial charge is 0.345 e. The van der Waals surface area contributed by atoms with Crippen molar-refractivity contribution in [2.75, 3.05) is 20.3 Å². The number of carbonyl (C=O) groups is 2. The maximum Gasteiger partial charge on any atom is 0.345 e. The average Bonchev–Trinajstić information content (AvgIpc) is 2.97. The molecule has 2 rings (SSSR count). The van der Waals surface area contributed by atoms with Gasteiger partial charge >= 0.3 is 5.97 Å². The zero-order chi connectivity index (χ0) is 18.1. The lowest BCUT2D eigenvalue weighted by molar-refractivity contribution is -0.172. The maximum atomic E-state index is 12.3. The van der Waals surface area contributed by atoms with Gasteiger partial charge in [0.15, 0.2) is 0 Å². The molecule has 0 fully saturated rings. The Bertz CT molecular complexity index is 672. The molecule has 1 aromatic heterocycles. The predicted octanol–water partition coefficient (Wildman–Crippen LogP) is 2.73. The minimum atomic E-state index is -2.03. The Morgan fingerprint density at radius 3 is 2.71 bits per heavy atom. The Kier molecular flexibility index (Phi) is 6.06.